The molecule has 5 nitrogen and oxygen atoms in total. The summed E-state index contributed by atoms with van der Waals surface area (Å²) in [5.41, 5.74) is 4.01. The van der Waals surface area contributed by atoms with Gasteiger partial charge in [-0.15, -0.1) is 11.3 Å². The quantitative estimate of drug-likeness (QED) is 0.463. The first-order chi connectivity index (χ1) is 12.1. The van der Waals surface area contributed by atoms with Crippen LogP contribution in [0.25, 0.3) is 10.1 Å². The third-order valence-corrected chi connectivity index (χ3v) is 5.24. The van der Waals surface area contributed by atoms with Gasteiger partial charge in [0.2, 0.25) is 0 Å². The summed E-state index contributed by atoms with van der Waals surface area (Å²) < 4.78 is 6.19. The highest BCUT2D eigenvalue weighted by Crippen LogP contribution is 2.28. The second kappa shape index (κ2) is 7.65. The van der Waals surface area contributed by atoms with Gasteiger partial charge in [0.05, 0.1) is 12.0 Å². The van der Waals surface area contributed by atoms with E-state index < -0.39 is 5.91 Å². The van der Waals surface area contributed by atoms with Crippen molar-refractivity contribution in [2.75, 3.05) is 7.11 Å². The number of hydrogen-bond acceptors (Lipinski definition) is 5. The molecule has 0 radical (unpaired) electrons. The minimum Gasteiger partial charge on any atom is -0.497 e. The summed E-state index contributed by atoms with van der Waals surface area (Å²) in [6.45, 7) is 2.87. The average molecular weight is 356 g/mol. The van der Waals surface area contributed by atoms with Gasteiger partial charge in [-0.2, -0.15) is 0 Å². The number of carbonyl (C=O) groups excluding carboxylic acids is 1. The highest BCUT2D eigenvalue weighted by Gasteiger charge is 2.11. The largest absolute Gasteiger partial charge is 0.497 e. The molecule has 1 amide bonds. The second-order valence-electron chi connectivity index (χ2n) is 5.80. The van der Waals surface area contributed by atoms with Gasteiger partial charge in [-0.3, -0.25) is 10.0 Å². The van der Waals surface area contributed by atoms with Crippen LogP contribution in [0.2, 0.25) is 0 Å². The predicted molar refractivity (Wildman–Crippen MR) is 99.3 cm³/mol. The number of ether oxygens (including phenoxy) is 1. The highest BCUT2D eigenvalue weighted by molar-refractivity contribution is 7.20. The topological polar surface area (TPSA) is 70.6 Å². The molecular weight excluding hydrogens is 336 g/mol. The number of hydroxylamine groups is 1. The molecule has 0 aliphatic carbocycles. The summed E-state index contributed by atoms with van der Waals surface area (Å²) in [4.78, 5) is 12.0. The van der Waals surface area contributed by atoms with Gasteiger partial charge in [-0.25, -0.2) is 5.48 Å². The molecule has 0 saturated carbocycles. The van der Waals surface area contributed by atoms with E-state index in [2.05, 4.69) is 24.4 Å². The smallest absolute Gasteiger partial charge is 0.284 e. The van der Waals surface area contributed by atoms with Crippen LogP contribution in [-0.2, 0) is 6.54 Å². The van der Waals surface area contributed by atoms with Gasteiger partial charge in [0.25, 0.3) is 5.91 Å². The maximum absolute atomic E-state index is 11.5. The van der Waals surface area contributed by atoms with Crippen LogP contribution >= 0.6 is 11.3 Å². The molecule has 1 heterocycles. The van der Waals surface area contributed by atoms with Crippen LogP contribution in [0, 0.1) is 0 Å². The summed E-state index contributed by atoms with van der Waals surface area (Å²) >= 11 is 1.37. The Hall–Kier alpha value is -2.41. The molecule has 0 bridgehead atoms. The van der Waals surface area contributed by atoms with Crippen LogP contribution in [0.5, 0.6) is 5.75 Å². The zero-order chi connectivity index (χ0) is 17.8. The number of amides is 1. The summed E-state index contributed by atoms with van der Waals surface area (Å²) in [6, 6.07) is 16.1. The summed E-state index contributed by atoms with van der Waals surface area (Å²) in [7, 11) is 1.66. The monoisotopic (exact) mass is 356 g/mol. The van der Waals surface area contributed by atoms with Crippen molar-refractivity contribution in [1.29, 1.82) is 0 Å². The Morgan fingerprint density at radius 2 is 1.96 bits per heavy atom. The van der Waals surface area contributed by atoms with E-state index >= 15 is 0 Å². The van der Waals surface area contributed by atoms with E-state index in [0.717, 1.165) is 27.9 Å². The molecule has 3 rings (SSSR count). The van der Waals surface area contributed by atoms with Gasteiger partial charge in [0, 0.05) is 17.3 Å². The summed E-state index contributed by atoms with van der Waals surface area (Å²) in [6.07, 6.45) is 0. The molecule has 2 aromatic carbocycles. The fraction of sp³-hybridized carbons (Fsp3) is 0.211. The summed E-state index contributed by atoms with van der Waals surface area (Å²) in [5, 5.41) is 13.3. The molecule has 1 aromatic heterocycles. The van der Waals surface area contributed by atoms with E-state index in [1.807, 2.05) is 30.3 Å². The molecular formula is C19H20N2O3S. The Labute approximate surface area is 150 Å². The SMILES string of the molecule is COc1ccc(CN[C@H](C)c2ccc3cc(C(=O)NO)sc3c2)cc1. The Kier molecular flexibility index (Phi) is 5.33. The van der Waals surface area contributed by atoms with Crippen LogP contribution in [0.1, 0.15) is 33.8 Å². The molecule has 130 valence electrons. The normalized spacial score (nSPS) is 12.1. The molecule has 0 spiro atoms. The maximum atomic E-state index is 11.5. The zero-order valence-electron chi connectivity index (χ0n) is 14.1. The van der Waals surface area contributed by atoms with Crippen molar-refractivity contribution in [3.05, 3.63) is 64.5 Å². The third kappa shape index (κ3) is 3.99. The van der Waals surface area contributed by atoms with E-state index in [0.29, 0.717) is 4.88 Å². The van der Waals surface area contributed by atoms with Crippen LogP contribution in [0.4, 0.5) is 0 Å². The van der Waals surface area contributed by atoms with Crippen molar-refractivity contribution >= 4 is 27.3 Å². The molecule has 1 atom stereocenters. The lowest BCUT2D eigenvalue weighted by Gasteiger charge is -2.14. The first kappa shape index (κ1) is 17.4. The number of fused-ring (bicyclic) bond motifs is 1. The summed E-state index contributed by atoms with van der Waals surface area (Å²) in [5.74, 6) is 0.371. The molecule has 0 aliphatic rings. The van der Waals surface area contributed by atoms with E-state index in [-0.39, 0.29) is 6.04 Å². The lowest BCUT2D eigenvalue weighted by atomic mass is 10.1. The van der Waals surface area contributed by atoms with E-state index in [1.165, 1.54) is 16.9 Å². The zero-order valence-corrected chi connectivity index (χ0v) is 14.9. The number of hydrogen-bond donors (Lipinski definition) is 3. The molecule has 3 aromatic rings. The molecule has 0 saturated heterocycles. The van der Waals surface area contributed by atoms with Gasteiger partial charge < -0.3 is 10.1 Å². The molecule has 0 aliphatic heterocycles. The predicted octanol–water partition coefficient (Wildman–Crippen LogP) is 3.88. The van der Waals surface area contributed by atoms with Crippen molar-refractivity contribution < 1.29 is 14.7 Å². The first-order valence-electron chi connectivity index (χ1n) is 7.95. The van der Waals surface area contributed by atoms with Crippen molar-refractivity contribution in [3.8, 4) is 5.75 Å². The van der Waals surface area contributed by atoms with Gasteiger partial charge >= 0.3 is 0 Å². The Balaban J connectivity index is 1.70. The number of nitrogens with one attached hydrogen (secondary N) is 2. The first-order valence-corrected chi connectivity index (χ1v) is 8.76. The molecule has 3 N–H and O–H groups in total. The van der Waals surface area contributed by atoms with Crippen molar-refractivity contribution in [3.63, 3.8) is 0 Å². The van der Waals surface area contributed by atoms with Gasteiger partial charge in [0.15, 0.2) is 0 Å². The van der Waals surface area contributed by atoms with E-state index in [9.17, 15) is 4.79 Å². The second-order valence-corrected chi connectivity index (χ2v) is 6.88. The number of carbonyl (C=O) groups is 1. The van der Waals surface area contributed by atoms with E-state index in [1.54, 1.807) is 18.7 Å². The van der Waals surface area contributed by atoms with Crippen LogP contribution in [-0.4, -0.2) is 18.2 Å². The van der Waals surface area contributed by atoms with Gasteiger partial charge in [-0.05, 0) is 47.7 Å². The lowest BCUT2D eigenvalue weighted by molar-refractivity contribution is 0.0711. The van der Waals surface area contributed by atoms with Crippen LogP contribution < -0.4 is 15.5 Å². The highest BCUT2D eigenvalue weighted by atomic mass is 32.1. The number of methoxy groups -OCH3 is 1. The molecule has 0 unspecified atom stereocenters. The number of rotatable bonds is 6. The van der Waals surface area contributed by atoms with E-state index in [4.69, 9.17) is 9.94 Å². The van der Waals surface area contributed by atoms with Gasteiger partial charge in [-0.1, -0.05) is 24.3 Å². The van der Waals surface area contributed by atoms with Crippen LogP contribution in [0.15, 0.2) is 48.5 Å². The fourth-order valence-corrected chi connectivity index (χ4v) is 3.62. The third-order valence-electron chi connectivity index (χ3n) is 4.14. The minimum atomic E-state index is -0.478. The standard InChI is InChI=1S/C19H20N2O3S/c1-12(20-11-13-3-7-16(24-2)8-4-13)14-5-6-15-10-18(19(22)21-23)25-17(15)9-14/h3-10,12,20,23H,11H2,1-2H3,(H,21,22)/t12-/m1/s1. The molecule has 6 heteroatoms. The van der Waals surface area contributed by atoms with Crippen molar-refractivity contribution in [2.45, 2.75) is 19.5 Å². The fourth-order valence-electron chi connectivity index (χ4n) is 2.62. The Morgan fingerprint density at radius 3 is 2.64 bits per heavy atom. The maximum Gasteiger partial charge on any atom is 0.284 e. The van der Waals surface area contributed by atoms with Crippen molar-refractivity contribution in [2.24, 2.45) is 0 Å². The van der Waals surface area contributed by atoms with Gasteiger partial charge in [0.1, 0.15) is 5.75 Å². The van der Waals surface area contributed by atoms with Crippen LogP contribution in [0.3, 0.4) is 0 Å². The lowest BCUT2D eigenvalue weighted by Crippen LogP contribution is -2.17. The molecule has 0 fully saturated rings. The Morgan fingerprint density at radius 1 is 1.20 bits per heavy atom. The average Bonchev–Trinajstić information content (AvgIpc) is 3.09. The molecule has 25 heavy (non-hydrogen) atoms. The number of benzene rings is 2. The Bertz CT molecular complexity index is 874. The minimum absolute atomic E-state index is 0.170. The van der Waals surface area contributed by atoms with Crippen molar-refractivity contribution in [1.82, 2.24) is 10.8 Å². The number of thiophene rings is 1.